The summed E-state index contributed by atoms with van der Waals surface area (Å²) in [6.45, 7) is 3.20. The van der Waals surface area contributed by atoms with Gasteiger partial charge in [-0.1, -0.05) is 19.4 Å². The smallest absolute Gasteiger partial charge is 0.249 e. The molecule has 1 saturated carbocycles. The van der Waals surface area contributed by atoms with E-state index in [2.05, 4.69) is 11.9 Å². The van der Waals surface area contributed by atoms with E-state index in [1.165, 1.54) is 12.8 Å². The minimum Gasteiger partial charge on any atom is -0.391 e. The van der Waals surface area contributed by atoms with Crippen LogP contribution in [-0.4, -0.2) is 23.7 Å². The van der Waals surface area contributed by atoms with Crippen molar-refractivity contribution in [3.63, 3.8) is 0 Å². The quantitative estimate of drug-likeness (QED) is 0.608. The third kappa shape index (κ3) is 2.34. The fourth-order valence-corrected chi connectivity index (χ4v) is 1.43. The zero-order valence-electron chi connectivity index (χ0n) is 7.18. The summed E-state index contributed by atoms with van der Waals surface area (Å²) < 4.78 is 0. The number of hydrogen-bond donors (Lipinski definition) is 2. The van der Waals surface area contributed by atoms with Gasteiger partial charge >= 0.3 is 0 Å². The van der Waals surface area contributed by atoms with Crippen LogP contribution in [0.5, 0.6) is 0 Å². The van der Waals surface area contributed by atoms with E-state index < -0.39 is 0 Å². The zero-order valence-corrected chi connectivity index (χ0v) is 7.18. The maximum atomic E-state index is 11.2. The average Bonchev–Trinajstić information content (AvgIpc) is 2.55. The monoisotopic (exact) mass is 169 g/mol. The van der Waals surface area contributed by atoms with Crippen molar-refractivity contribution in [2.75, 3.05) is 6.61 Å². The highest BCUT2D eigenvalue weighted by Crippen LogP contribution is 2.17. The first kappa shape index (κ1) is 9.26. The molecule has 1 amide bonds. The van der Waals surface area contributed by atoms with E-state index in [4.69, 9.17) is 5.11 Å². The highest BCUT2D eigenvalue weighted by Gasteiger charge is 2.17. The molecule has 1 rings (SSSR count). The normalized spacial score (nSPS) is 17.8. The Kier molecular flexibility index (Phi) is 3.29. The second-order valence-corrected chi connectivity index (χ2v) is 3.22. The second-order valence-electron chi connectivity index (χ2n) is 3.22. The van der Waals surface area contributed by atoms with E-state index in [1.54, 1.807) is 0 Å². The summed E-state index contributed by atoms with van der Waals surface area (Å²) in [4.78, 5) is 11.2. The van der Waals surface area contributed by atoms with Crippen molar-refractivity contribution in [3.05, 3.63) is 12.2 Å². The van der Waals surface area contributed by atoms with Crippen LogP contribution in [0.15, 0.2) is 12.2 Å². The molecule has 12 heavy (non-hydrogen) atoms. The van der Waals surface area contributed by atoms with E-state index in [0.717, 1.165) is 12.8 Å². The number of nitrogens with one attached hydrogen (secondary N) is 1. The number of carbonyl (C=O) groups is 1. The van der Waals surface area contributed by atoms with Crippen LogP contribution in [0.4, 0.5) is 0 Å². The van der Waals surface area contributed by atoms with E-state index in [9.17, 15) is 4.79 Å². The highest BCUT2D eigenvalue weighted by atomic mass is 16.3. The van der Waals surface area contributed by atoms with Crippen molar-refractivity contribution in [3.8, 4) is 0 Å². The maximum Gasteiger partial charge on any atom is 0.249 e. The van der Waals surface area contributed by atoms with Crippen molar-refractivity contribution < 1.29 is 9.90 Å². The Morgan fingerprint density at radius 2 is 2.08 bits per heavy atom. The van der Waals surface area contributed by atoms with Gasteiger partial charge in [0.25, 0.3) is 0 Å². The first-order valence-corrected chi connectivity index (χ1v) is 4.33. The fraction of sp³-hybridized carbons (Fsp3) is 0.667. The van der Waals surface area contributed by atoms with Crippen LogP contribution < -0.4 is 5.32 Å². The molecule has 0 aromatic heterocycles. The fourth-order valence-electron chi connectivity index (χ4n) is 1.43. The molecule has 0 atom stereocenters. The van der Waals surface area contributed by atoms with Gasteiger partial charge in [0.2, 0.25) is 5.91 Å². The lowest BCUT2D eigenvalue weighted by molar-refractivity contribution is -0.118. The molecule has 0 bridgehead atoms. The van der Waals surface area contributed by atoms with Gasteiger partial charge in [-0.2, -0.15) is 0 Å². The van der Waals surface area contributed by atoms with Gasteiger partial charge in [-0.3, -0.25) is 4.79 Å². The number of carbonyl (C=O) groups excluding carboxylic acids is 1. The van der Waals surface area contributed by atoms with Crippen LogP contribution >= 0.6 is 0 Å². The average molecular weight is 169 g/mol. The zero-order chi connectivity index (χ0) is 8.97. The molecule has 0 aliphatic heterocycles. The number of amides is 1. The van der Waals surface area contributed by atoms with Gasteiger partial charge in [0.1, 0.15) is 0 Å². The topological polar surface area (TPSA) is 49.3 Å². The molecule has 0 aromatic carbocycles. The number of hydrogen-bond acceptors (Lipinski definition) is 2. The predicted octanol–water partition coefficient (Wildman–Crippen LogP) is 0.594. The molecule has 0 heterocycles. The van der Waals surface area contributed by atoms with Crippen LogP contribution in [0.25, 0.3) is 0 Å². The molecule has 1 fully saturated rings. The first-order valence-electron chi connectivity index (χ1n) is 4.33. The Bertz CT molecular complexity index is 183. The van der Waals surface area contributed by atoms with Crippen molar-refractivity contribution >= 4 is 5.91 Å². The SMILES string of the molecule is C=C(CO)C(=O)NC1CCCC1. The Labute approximate surface area is 72.5 Å². The molecule has 0 saturated heterocycles. The van der Waals surface area contributed by atoms with Crippen LogP contribution in [0.2, 0.25) is 0 Å². The molecule has 1 aliphatic rings. The summed E-state index contributed by atoms with van der Waals surface area (Å²) in [5.41, 5.74) is 0.252. The Hall–Kier alpha value is -0.830. The van der Waals surface area contributed by atoms with Crippen LogP contribution in [0.3, 0.4) is 0 Å². The van der Waals surface area contributed by atoms with Gasteiger partial charge in [-0.25, -0.2) is 0 Å². The van der Waals surface area contributed by atoms with Crippen LogP contribution in [-0.2, 0) is 4.79 Å². The third-order valence-electron chi connectivity index (χ3n) is 2.20. The van der Waals surface area contributed by atoms with E-state index in [0.29, 0.717) is 6.04 Å². The summed E-state index contributed by atoms with van der Waals surface area (Å²) in [5, 5.41) is 11.4. The lowest BCUT2D eigenvalue weighted by Gasteiger charge is -2.11. The van der Waals surface area contributed by atoms with Gasteiger partial charge in [0, 0.05) is 11.6 Å². The molecule has 0 spiro atoms. The van der Waals surface area contributed by atoms with E-state index >= 15 is 0 Å². The van der Waals surface area contributed by atoms with Gasteiger partial charge in [0.15, 0.2) is 0 Å². The predicted molar refractivity (Wildman–Crippen MR) is 46.6 cm³/mol. The van der Waals surface area contributed by atoms with Crippen molar-refractivity contribution in [1.82, 2.24) is 5.32 Å². The molecule has 0 aromatic rings. The molecule has 3 heteroatoms. The van der Waals surface area contributed by atoms with Crippen molar-refractivity contribution in [1.29, 1.82) is 0 Å². The van der Waals surface area contributed by atoms with Crippen LogP contribution in [0, 0.1) is 0 Å². The molecule has 1 aliphatic carbocycles. The van der Waals surface area contributed by atoms with Gasteiger partial charge in [0.05, 0.1) is 6.61 Å². The van der Waals surface area contributed by atoms with Gasteiger partial charge in [-0.15, -0.1) is 0 Å². The van der Waals surface area contributed by atoms with Crippen LogP contribution in [0.1, 0.15) is 25.7 Å². The Balaban J connectivity index is 2.29. The standard InChI is InChI=1S/C9H15NO2/c1-7(6-11)9(12)10-8-4-2-3-5-8/h8,11H,1-6H2,(H,10,12). The molecule has 2 N–H and O–H groups in total. The summed E-state index contributed by atoms with van der Waals surface area (Å²) in [6, 6.07) is 0.306. The first-order chi connectivity index (χ1) is 5.74. The molecular weight excluding hydrogens is 154 g/mol. The summed E-state index contributed by atoms with van der Waals surface area (Å²) >= 11 is 0. The summed E-state index contributed by atoms with van der Waals surface area (Å²) in [5.74, 6) is -0.204. The summed E-state index contributed by atoms with van der Waals surface area (Å²) in [7, 11) is 0. The third-order valence-corrected chi connectivity index (χ3v) is 2.20. The molecule has 0 radical (unpaired) electrons. The molecule has 68 valence electrons. The summed E-state index contributed by atoms with van der Waals surface area (Å²) in [6.07, 6.45) is 4.50. The van der Waals surface area contributed by atoms with E-state index in [1.807, 2.05) is 0 Å². The van der Waals surface area contributed by atoms with Gasteiger partial charge in [-0.05, 0) is 12.8 Å². The Morgan fingerprint density at radius 3 is 2.58 bits per heavy atom. The molecule has 3 nitrogen and oxygen atoms in total. The molecular formula is C9H15NO2. The minimum atomic E-state index is -0.251. The lowest BCUT2D eigenvalue weighted by atomic mass is 10.2. The highest BCUT2D eigenvalue weighted by molar-refractivity contribution is 5.93. The maximum absolute atomic E-state index is 11.2. The number of rotatable bonds is 3. The van der Waals surface area contributed by atoms with E-state index in [-0.39, 0.29) is 18.1 Å². The lowest BCUT2D eigenvalue weighted by Crippen LogP contribution is -2.34. The number of aliphatic hydroxyl groups excluding tert-OH is 1. The largest absolute Gasteiger partial charge is 0.391 e. The van der Waals surface area contributed by atoms with Gasteiger partial charge < -0.3 is 10.4 Å². The Morgan fingerprint density at radius 1 is 1.50 bits per heavy atom. The number of aliphatic hydroxyl groups is 1. The second kappa shape index (κ2) is 4.26. The van der Waals surface area contributed by atoms with Crippen molar-refractivity contribution in [2.24, 2.45) is 0 Å². The minimum absolute atomic E-state index is 0.204. The van der Waals surface area contributed by atoms with Crippen molar-refractivity contribution in [2.45, 2.75) is 31.7 Å². The molecule has 0 unspecified atom stereocenters.